The van der Waals surface area contributed by atoms with Crippen molar-refractivity contribution in [2.45, 2.75) is 20.0 Å². The molecule has 0 unspecified atom stereocenters. The van der Waals surface area contributed by atoms with Gasteiger partial charge in [-0.25, -0.2) is 14.5 Å². The predicted octanol–water partition coefficient (Wildman–Crippen LogP) is 0.365. The molecule has 1 saturated heterocycles. The Hall–Kier alpha value is -3.58. The second-order valence-electron chi connectivity index (χ2n) is 6.57. The van der Waals surface area contributed by atoms with Crippen molar-refractivity contribution in [3.05, 3.63) is 40.2 Å². The molecule has 0 aliphatic carbocycles. The van der Waals surface area contributed by atoms with E-state index in [1.807, 2.05) is 4.57 Å². The quantitative estimate of drug-likeness (QED) is 0.594. The molecule has 150 valence electrons. The molecule has 4 rings (SSSR count). The monoisotopic (exact) mass is 396 g/mol. The topological polar surface area (TPSA) is 118 Å². The number of nitrogens with zero attached hydrogens (tertiary/aromatic N) is 5. The van der Waals surface area contributed by atoms with Crippen LogP contribution in [0.2, 0.25) is 0 Å². The predicted molar refractivity (Wildman–Crippen MR) is 105 cm³/mol. The summed E-state index contributed by atoms with van der Waals surface area (Å²) in [5.41, 5.74) is 0.590. The molecule has 0 spiro atoms. The summed E-state index contributed by atoms with van der Waals surface area (Å²) in [5, 5.41) is 16.5. The molecule has 1 fully saturated rings. The fraction of sp³-hybridized carbons (Fsp3) is 0.368. The third kappa shape index (κ3) is 3.60. The van der Waals surface area contributed by atoms with Crippen LogP contribution in [0.15, 0.2) is 27.5 Å². The first-order valence-electron chi connectivity index (χ1n) is 9.22. The highest BCUT2D eigenvalue weighted by molar-refractivity contribution is 5.84. The Kier molecular flexibility index (Phi) is 5.05. The summed E-state index contributed by atoms with van der Waals surface area (Å²) in [6.07, 6.45) is 1.54. The lowest BCUT2D eigenvalue weighted by atomic mass is 10.4. The minimum Gasteiger partial charge on any atom is -0.475 e. The fourth-order valence-electron chi connectivity index (χ4n) is 3.33. The van der Waals surface area contributed by atoms with Crippen LogP contribution >= 0.6 is 0 Å². The lowest BCUT2D eigenvalue weighted by Crippen LogP contribution is -2.44. The number of aromatic carboxylic acids is 1. The molecule has 0 aromatic carbocycles. The number of imidazole rings is 1. The zero-order chi connectivity index (χ0) is 20.4. The minimum atomic E-state index is -1.16. The molecular formula is C19H20N6O4. The lowest BCUT2D eigenvalue weighted by Gasteiger charge is -2.28. The molecule has 3 aromatic rings. The molecule has 1 aliphatic rings. The number of carboxylic acids is 1. The van der Waals surface area contributed by atoms with Gasteiger partial charge in [0.1, 0.15) is 23.3 Å². The number of hydrogen-bond donors (Lipinski definition) is 2. The molecule has 10 nitrogen and oxygen atoms in total. The number of nitrogens with one attached hydrogen (secondary N) is 1. The number of rotatable bonds is 5. The summed E-state index contributed by atoms with van der Waals surface area (Å²) in [6.45, 7) is 5.38. The van der Waals surface area contributed by atoms with E-state index in [-0.39, 0.29) is 17.9 Å². The molecule has 1 aliphatic heterocycles. The second kappa shape index (κ2) is 7.81. The van der Waals surface area contributed by atoms with Gasteiger partial charge in [-0.15, -0.1) is 5.92 Å². The van der Waals surface area contributed by atoms with Gasteiger partial charge in [-0.3, -0.25) is 9.36 Å². The van der Waals surface area contributed by atoms with Crippen molar-refractivity contribution in [1.82, 2.24) is 24.6 Å². The van der Waals surface area contributed by atoms with Crippen LogP contribution in [0.25, 0.3) is 11.0 Å². The number of anilines is 1. The third-order valence-electron chi connectivity index (χ3n) is 4.72. The Morgan fingerprint density at radius 2 is 2.14 bits per heavy atom. The normalized spacial score (nSPS) is 14.0. The van der Waals surface area contributed by atoms with Crippen molar-refractivity contribution >= 4 is 23.0 Å². The van der Waals surface area contributed by atoms with Crippen LogP contribution in [-0.2, 0) is 13.1 Å². The maximum absolute atomic E-state index is 13.2. The van der Waals surface area contributed by atoms with Gasteiger partial charge in [-0.05, 0) is 19.1 Å². The second-order valence-corrected chi connectivity index (χ2v) is 6.57. The summed E-state index contributed by atoms with van der Waals surface area (Å²) in [6, 6.07) is 2.87. The molecule has 0 bridgehead atoms. The minimum absolute atomic E-state index is 0.0235. The van der Waals surface area contributed by atoms with E-state index in [9.17, 15) is 9.59 Å². The Morgan fingerprint density at radius 3 is 2.83 bits per heavy atom. The molecular weight excluding hydrogens is 376 g/mol. The molecule has 10 heteroatoms. The number of aromatic nitrogens is 4. The van der Waals surface area contributed by atoms with E-state index in [1.54, 1.807) is 13.1 Å². The average molecular weight is 396 g/mol. The highest BCUT2D eigenvalue weighted by Gasteiger charge is 2.22. The maximum atomic E-state index is 13.2. The van der Waals surface area contributed by atoms with Gasteiger partial charge in [0.15, 0.2) is 0 Å². The standard InChI is InChI=1S/C19H20N6O4/c1-2-3-8-24-16-14(22-19(24)23-9-6-20-7-10-23)11-21-25(17(16)26)12-13-4-5-15(29-13)18(27)28/h4-5,11,20H,6-10,12H2,1H3,(H,27,28). The smallest absolute Gasteiger partial charge is 0.371 e. The Bertz CT molecular complexity index is 1170. The molecule has 0 radical (unpaired) electrons. The van der Waals surface area contributed by atoms with Crippen molar-refractivity contribution in [2.75, 3.05) is 31.1 Å². The highest BCUT2D eigenvalue weighted by Crippen LogP contribution is 2.20. The van der Waals surface area contributed by atoms with Crippen LogP contribution in [0.4, 0.5) is 5.95 Å². The SMILES string of the molecule is CC#CCn1c(N2CCNCC2)nc2cnn(Cc3ccc(C(=O)O)o3)c(=O)c21. The van der Waals surface area contributed by atoms with Crippen molar-refractivity contribution in [2.24, 2.45) is 0 Å². The number of fused-ring (bicyclic) bond motifs is 1. The average Bonchev–Trinajstić information content (AvgIpc) is 3.34. The Morgan fingerprint density at radius 1 is 1.34 bits per heavy atom. The maximum Gasteiger partial charge on any atom is 0.371 e. The molecule has 3 aromatic heterocycles. The van der Waals surface area contributed by atoms with Gasteiger partial charge in [-0.1, -0.05) is 5.92 Å². The molecule has 0 saturated carbocycles. The summed E-state index contributed by atoms with van der Waals surface area (Å²) in [4.78, 5) is 30.9. The van der Waals surface area contributed by atoms with Gasteiger partial charge < -0.3 is 19.7 Å². The van der Waals surface area contributed by atoms with Crippen LogP contribution < -0.4 is 15.8 Å². The van der Waals surface area contributed by atoms with Crippen LogP contribution in [-0.4, -0.2) is 56.6 Å². The third-order valence-corrected chi connectivity index (χ3v) is 4.72. The number of piperazine rings is 1. The van der Waals surface area contributed by atoms with E-state index in [0.29, 0.717) is 29.3 Å². The van der Waals surface area contributed by atoms with Crippen molar-refractivity contribution in [3.8, 4) is 11.8 Å². The van der Waals surface area contributed by atoms with Crippen molar-refractivity contribution in [1.29, 1.82) is 0 Å². The zero-order valence-corrected chi connectivity index (χ0v) is 15.9. The number of hydrogen-bond acceptors (Lipinski definition) is 7. The molecule has 29 heavy (non-hydrogen) atoms. The van der Waals surface area contributed by atoms with E-state index in [0.717, 1.165) is 26.2 Å². The Labute approximate surface area is 165 Å². The van der Waals surface area contributed by atoms with Gasteiger partial charge in [0, 0.05) is 26.2 Å². The number of carbonyl (C=O) groups is 1. The van der Waals surface area contributed by atoms with Gasteiger partial charge in [0.25, 0.3) is 5.56 Å². The van der Waals surface area contributed by atoms with Crippen LogP contribution in [0.5, 0.6) is 0 Å². The molecule has 2 N–H and O–H groups in total. The Balaban J connectivity index is 1.77. The van der Waals surface area contributed by atoms with E-state index < -0.39 is 5.97 Å². The van der Waals surface area contributed by atoms with Crippen LogP contribution in [0.3, 0.4) is 0 Å². The highest BCUT2D eigenvalue weighted by atomic mass is 16.4. The first-order valence-corrected chi connectivity index (χ1v) is 9.22. The number of furan rings is 1. The van der Waals surface area contributed by atoms with E-state index in [4.69, 9.17) is 9.52 Å². The molecule has 0 amide bonds. The van der Waals surface area contributed by atoms with E-state index in [1.165, 1.54) is 16.8 Å². The van der Waals surface area contributed by atoms with E-state index in [2.05, 4.69) is 32.1 Å². The van der Waals surface area contributed by atoms with Gasteiger partial charge in [-0.2, -0.15) is 5.10 Å². The van der Waals surface area contributed by atoms with Crippen molar-refractivity contribution in [3.63, 3.8) is 0 Å². The summed E-state index contributed by atoms with van der Waals surface area (Å²) < 4.78 is 8.32. The summed E-state index contributed by atoms with van der Waals surface area (Å²) in [7, 11) is 0. The lowest BCUT2D eigenvalue weighted by molar-refractivity contribution is 0.0660. The van der Waals surface area contributed by atoms with Gasteiger partial charge in [0.05, 0.1) is 12.7 Å². The van der Waals surface area contributed by atoms with Crippen molar-refractivity contribution < 1.29 is 14.3 Å². The summed E-state index contributed by atoms with van der Waals surface area (Å²) >= 11 is 0. The first-order chi connectivity index (χ1) is 14.1. The van der Waals surface area contributed by atoms with Crippen LogP contribution in [0.1, 0.15) is 23.2 Å². The van der Waals surface area contributed by atoms with Gasteiger partial charge in [0.2, 0.25) is 11.7 Å². The number of carboxylic acid groups (broad SMARTS) is 1. The molecule has 4 heterocycles. The van der Waals surface area contributed by atoms with E-state index >= 15 is 0 Å². The molecule has 0 atom stereocenters. The van der Waals surface area contributed by atoms with Crippen LogP contribution in [0, 0.1) is 11.8 Å². The fourth-order valence-corrected chi connectivity index (χ4v) is 3.33. The van der Waals surface area contributed by atoms with Gasteiger partial charge >= 0.3 is 5.97 Å². The first kappa shape index (κ1) is 18.8. The summed E-state index contributed by atoms with van der Waals surface area (Å²) in [5.74, 6) is 5.56. The largest absolute Gasteiger partial charge is 0.475 e. The zero-order valence-electron chi connectivity index (χ0n) is 15.9.